The zero-order chi connectivity index (χ0) is 10.4. The number of hydrogen-bond donors (Lipinski definition) is 0. The molecule has 0 aromatic heterocycles. The standard InChI is InChI=1S/C11H19NO2/c1-4-5-6-12-7-11(9-13-3)14-8-10(12)2/h10-11H,6-9H2,1-3H3. The molecule has 14 heavy (non-hydrogen) atoms. The van der Waals surface area contributed by atoms with Gasteiger partial charge in [-0.2, -0.15) is 0 Å². The summed E-state index contributed by atoms with van der Waals surface area (Å²) >= 11 is 0. The molecule has 80 valence electrons. The average molecular weight is 197 g/mol. The van der Waals surface area contributed by atoms with Crippen molar-refractivity contribution in [1.82, 2.24) is 4.90 Å². The maximum atomic E-state index is 5.63. The lowest BCUT2D eigenvalue weighted by Crippen LogP contribution is -2.49. The van der Waals surface area contributed by atoms with Crippen LogP contribution in [-0.4, -0.2) is 50.5 Å². The van der Waals surface area contributed by atoms with Crippen LogP contribution in [0, 0.1) is 11.8 Å². The van der Waals surface area contributed by atoms with Crippen molar-refractivity contribution in [3.8, 4) is 11.8 Å². The van der Waals surface area contributed by atoms with Crippen molar-refractivity contribution in [2.45, 2.75) is 26.0 Å². The van der Waals surface area contributed by atoms with E-state index in [2.05, 4.69) is 23.7 Å². The number of ether oxygens (including phenoxy) is 2. The summed E-state index contributed by atoms with van der Waals surface area (Å²) < 4.78 is 10.7. The van der Waals surface area contributed by atoms with Gasteiger partial charge >= 0.3 is 0 Å². The van der Waals surface area contributed by atoms with Crippen LogP contribution in [0.15, 0.2) is 0 Å². The maximum Gasteiger partial charge on any atom is 0.0936 e. The Morgan fingerprint density at radius 3 is 3.00 bits per heavy atom. The van der Waals surface area contributed by atoms with Crippen LogP contribution in [0.4, 0.5) is 0 Å². The molecule has 1 aliphatic heterocycles. The van der Waals surface area contributed by atoms with E-state index < -0.39 is 0 Å². The minimum atomic E-state index is 0.204. The van der Waals surface area contributed by atoms with E-state index in [4.69, 9.17) is 9.47 Å². The minimum absolute atomic E-state index is 0.204. The second-order valence-electron chi connectivity index (χ2n) is 3.62. The van der Waals surface area contributed by atoms with Crippen LogP contribution < -0.4 is 0 Å². The molecule has 2 unspecified atom stereocenters. The van der Waals surface area contributed by atoms with Crippen molar-refractivity contribution in [3.63, 3.8) is 0 Å². The first kappa shape index (κ1) is 11.5. The molecular formula is C11H19NO2. The predicted molar refractivity (Wildman–Crippen MR) is 56.1 cm³/mol. The Hall–Kier alpha value is -0.560. The van der Waals surface area contributed by atoms with E-state index in [1.807, 2.05) is 6.92 Å². The number of hydrogen-bond acceptors (Lipinski definition) is 3. The molecule has 2 atom stereocenters. The Morgan fingerprint density at radius 1 is 1.57 bits per heavy atom. The molecule has 0 bridgehead atoms. The van der Waals surface area contributed by atoms with Gasteiger partial charge in [0, 0.05) is 19.7 Å². The molecule has 1 rings (SSSR count). The van der Waals surface area contributed by atoms with Gasteiger partial charge in [0.1, 0.15) is 0 Å². The summed E-state index contributed by atoms with van der Waals surface area (Å²) in [5.41, 5.74) is 0. The molecule has 0 N–H and O–H groups in total. The van der Waals surface area contributed by atoms with Crippen molar-refractivity contribution >= 4 is 0 Å². The van der Waals surface area contributed by atoms with E-state index in [0.29, 0.717) is 12.6 Å². The molecule has 0 aromatic rings. The van der Waals surface area contributed by atoms with Crippen molar-refractivity contribution < 1.29 is 9.47 Å². The normalized spacial score (nSPS) is 28.2. The molecular weight excluding hydrogens is 178 g/mol. The summed E-state index contributed by atoms with van der Waals surface area (Å²) in [6.45, 7) is 7.24. The van der Waals surface area contributed by atoms with Crippen molar-refractivity contribution in [1.29, 1.82) is 0 Å². The van der Waals surface area contributed by atoms with Gasteiger partial charge in [-0.1, -0.05) is 5.92 Å². The highest BCUT2D eigenvalue weighted by molar-refractivity contribution is 4.99. The minimum Gasteiger partial charge on any atom is -0.382 e. The van der Waals surface area contributed by atoms with Crippen LogP contribution in [0.2, 0.25) is 0 Å². The fourth-order valence-corrected chi connectivity index (χ4v) is 1.56. The van der Waals surface area contributed by atoms with Crippen LogP contribution in [-0.2, 0) is 9.47 Å². The van der Waals surface area contributed by atoms with Gasteiger partial charge in [0.15, 0.2) is 0 Å². The highest BCUT2D eigenvalue weighted by Crippen LogP contribution is 2.10. The summed E-state index contributed by atoms with van der Waals surface area (Å²) in [7, 11) is 1.71. The molecule has 1 fully saturated rings. The van der Waals surface area contributed by atoms with E-state index in [0.717, 1.165) is 19.7 Å². The third-order valence-electron chi connectivity index (χ3n) is 2.45. The lowest BCUT2D eigenvalue weighted by molar-refractivity contribution is -0.0802. The summed E-state index contributed by atoms with van der Waals surface area (Å²) in [5, 5.41) is 0. The van der Waals surface area contributed by atoms with Gasteiger partial charge in [0.05, 0.1) is 25.9 Å². The average Bonchev–Trinajstić information content (AvgIpc) is 2.19. The lowest BCUT2D eigenvalue weighted by Gasteiger charge is -2.36. The number of rotatable bonds is 3. The first-order valence-corrected chi connectivity index (χ1v) is 5.02. The second kappa shape index (κ2) is 6.02. The maximum absolute atomic E-state index is 5.63. The van der Waals surface area contributed by atoms with Crippen LogP contribution in [0.25, 0.3) is 0 Å². The molecule has 0 aromatic carbocycles. The third kappa shape index (κ3) is 3.30. The van der Waals surface area contributed by atoms with Crippen molar-refractivity contribution in [2.24, 2.45) is 0 Å². The third-order valence-corrected chi connectivity index (χ3v) is 2.45. The SMILES string of the molecule is CC#CCN1CC(COC)OCC1C. The van der Waals surface area contributed by atoms with Gasteiger partial charge in [0.25, 0.3) is 0 Å². The number of morpholine rings is 1. The quantitative estimate of drug-likeness (QED) is 0.623. The van der Waals surface area contributed by atoms with Gasteiger partial charge in [-0.15, -0.1) is 5.92 Å². The zero-order valence-corrected chi connectivity index (χ0v) is 9.25. The van der Waals surface area contributed by atoms with Crippen LogP contribution in [0.5, 0.6) is 0 Å². The summed E-state index contributed by atoms with van der Waals surface area (Å²) in [4.78, 5) is 2.34. The smallest absolute Gasteiger partial charge is 0.0936 e. The Kier molecular flexibility index (Phi) is 4.95. The highest BCUT2D eigenvalue weighted by Gasteiger charge is 2.24. The number of methoxy groups -OCH3 is 1. The molecule has 0 radical (unpaired) electrons. The molecule has 0 aliphatic carbocycles. The van der Waals surface area contributed by atoms with E-state index in [9.17, 15) is 0 Å². The Labute approximate surface area is 86.4 Å². The van der Waals surface area contributed by atoms with E-state index in [1.54, 1.807) is 7.11 Å². The molecule has 1 heterocycles. The van der Waals surface area contributed by atoms with Crippen molar-refractivity contribution in [2.75, 3.05) is 33.4 Å². The Balaban J connectivity index is 2.40. The molecule has 3 nitrogen and oxygen atoms in total. The van der Waals surface area contributed by atoms with Crippen LogP contribution in [0.1, 0.15) is 13.8 Å². The monoisotopic (exact) mass is 197 g/mol. The van der Waals surface area contributed by atoms with Gasteiger partial charge in [0.2, 0.25) is 0 Å². The summed E-state index contributed by atoms with van der Waals surface area (Å²) in [6, 6.07) is 0.462. The molecule has 0 saturated carbocycles. The van der Waals surface area contributed by atoms with Crippen LogP contribution >= 0.6 is 0 Å². The van der Waals surface area contributed by atoms with Crippen LogP contribution in [0.3, 0.4) is 0 Å². The molecule has 0 amide bonds. The molecule has 1 saturated heterocycles. The molecule has 1 aliphatic rings. The van der Waals surface area contributed by atoms with E-state index in [1.165, 1.54) is 0 Å². The fraction of sp³-hybridized carbons (Fsp3) is 0.818. The van der Waals surface area contributed by atoms with E-state index in [-0.39, 0.29) is 6.10 Å². The highest BCUT2D eigenvalue weighted by atomic mass is 16.5. The van der Waals surface area contributed by atoms with Gasteiger partial charge in [-0.05, 0) is 13.8 Å². The summed E-state index contributed by atoms with van der Waals surface area (Å²) in [6.07, 6.45) is 0.204. The van der Waals surface area contributed by atoms with Gasteiger partial charge in [-0.3, -0.25) is 4.90 Å². The predicted octanol–water partition coefficient (Wildman–Crippen LogP) is 0.745. The first-order valence-electron chi connectivity index (χ1n) is 5.02. The molecule has 3 heteroatoms. The second-order valence-corrected chi connectivity index (χ2v) is 3.62. The number of nitrogens with zero attached hydrogens (tertiary/aromatic N) is 1. The fourth-order valence-electron chi connectivity index (χ4n) is 1.56. The Morgan fingerprint density at radius 2 is 2.36 bits per heavy atom. The molecule has 0 spiro atoms. The van der Waals surface area contributed by atoms with Gasteiger partial charge in [-0.25, -0.2) is 0 Å². The topological polar surface area (TPSA) is 21.7 Å². The van der Waals surface area contributed by atoms with E-state index >= 15 is 0 Å². The largest absolute Gasteiger partial charge is 0.382 e. The summed E-state index contributed by atoms with van der Waals surface area (Å²) in [5.74, 6) is 6.01. The van der Waals surface area contributed by atoms with Gasteiger partial charge < -0.3 is 9.47 Å². The zero-order valence-electron chi connectivity index (χ0n) is 9.25. The Bertz CT molecular complexity index is 219. The first-order chi connectivity index (χ1) is 6.77. The lowest BCUT2D eigenvalue weighted by atomic mass is 10.2. The van der Waals surface area contributed by atoms with Crippen molar-refractivity contribution in [3.05, 3.63) is 0 Å².